The first-order valence-corrected chi connectivity index (χ1v) is 20.4. The summed E-state index contributed by atoms with van der Waals surface area (Å²) >= 11 is 18.4. The van der Waals surface area contributed by atoms with Crippen LogP contribution in [0, 0.1) is 0 Å². The van der Waals surface area contributed by atoms with Crippen molar-refractivity contribution in [3.8, 4) is 0 Å². The van der Waals surface area contributed by atoms with Crippen molar-refractivity contribution in [2.75, 3.05) is 13.1 Å². The van der Waals surface area contributed by atoms with Crippen molar-refractivity contribution in [3.63, 3.8) is 0 Å². The van der Waals surface area contributed by atoms with Crippen molar-refractivity contribution in [1.82, 2.24) is 5.32 Å². The molecule has 0 aromatic rings. The van der Waals surface area contributed by atoms with Crippen molar-refractivity contribution >= 4 is 58.8 Å². The summed E-state index contributed by atoms with van der Waals surface area (Å²) in [6.07, 6.45) is 47.2. The van der Waals surface area contributed by atoms with Crippen molar-refractivity contribution in [1.29, 1.82) is 0 Å². The Labute approximate surface area is 317 Å². The van der Waals surface area contributed by atoms with Crippen LogP contribution in [0.4, 0.5) is 0 Å². The maximum atomic E-state index is 4.85. The van der Waals surface area contributed by atoms with E-state index in [1.54, 1.807) is 0 Å². The fourth-order valence-electron chi connectivity index (χ4n) is 5.10. The third-order valence-electron chi connectivity index (χ3n) is 7.88. The summed E-state index contributed by atoms with van der Waals surface area (Å²) in [5, 5.41) is 3.08. The monoisotopic (exact) mass is 748 g/mol. The number of unbranched alkanes of at least 4 members (excludes halogenated alkanes) is 24. The zero-order chi connectivity index (χ0) is 32.6. The first-order valence-electron chi connectivity index (χ1n) is 18.7. The number of thiocarbonyl (C=S) groups is 1. The summed E-state index contributed by atoms with van der Waals surface area (Å²) in [6, 6.07) is 0. The third kappa shape index (κ3) is 54.2. The molecule has 0 aliphatic rings. The van der Waals surface area contributed by atoms with Gasteiger partial charge in [0.2, 0.25) is 0 Å². The average Bonchev–Trinajstić information content (AvgIpc) is 3.00. The smallest absolute Gasteiger partial charge is 0.789 e. The standard InChI is InChI=1S/2C19H37NS2.Zn/c2*1-2-3-4-5-6-7-8-9-10-11-12-13-14-15-16-17-18-20-19(21)22;/h2*9-10H,2-8,11-18H2,1H3,(H2,20,21,22);/q;;+2/p-2/b2*10-9-;. The summed E-state index contributed by atoms with van der Waals surface area (Å²) in [4.78, 5) is 4.07. The van der Waals surface area contributed by atoms with Gasteiger partial charge in [0.25, 0.3) is 0 Å². The zero-order valence-electron chi connectivity index (χ0n) is 29.8. The largest absolute Gasteiger partial charge is 2.00 e. The Hall–Kier alpha value is 0.453. The molecular formula is C38H72N2S4Zn. The van der Waals surface area contributed by atoms with E-state index >= 15 is 0 Å². The number of nitrogens with one attached hydrogen (secondary N) is 1. The van der Waals surface area contributed by atoms with E-state index < -0.39 is 0 Å². The van der Waals surface area contributed by atoms with Gasteiger partial charge in [0.15, 0.2) is 0 Å². The Balaban J connectivity index is -0.000000767. The second-order valence-electron chi connectivity index (χ2n) is 12.3. The van der Waals surface area contributed by atoms with Crippen LogP contribution in [-0.4, -0.2) is 21.8 Å². The Morgan fingerprint density at radius 3 is 1.18 bits per heavy atom. The minimum atomic E-state index is 0. The van der Waals surface area contributed by atoms with Crippen LogP contribution in [0.25, 0.3) is 0 Å². The van der Waals surface area contributed by atoms with E-state index in [2.05, 4.69) is 61.1 Å². The predicted octanol–water partition coefficient (Wildman–Crippen LogP) is 13.3. The predicted molar refractivity (Wildman–Crippen MR) is 216 cm³/mol. The van der Waals surface area contributed by atoms with Gasteiger partial charge in [0.1, 0.15) is 4.32 Å². The molecule has 2 nitrogen and oxygen atoms in total. The Kier molecular flexibility index (Phi) is 51.6. The maximum absolute atomic E-state index is 4.85. The fourth-order valence-corrected chi connectivity index (χ4v) is 5.49. The fraction of sp³-hybridized carbons (Fsp3) is 0.842. The van der Waals surface area contributed by atoms with Crippen LogP contribution in [0.2, 0.25) is 0 Å². The zero-order valence-corrected chi connectivity index (χ0v) is 36.2. The molecule has 0 unspecified atom stereocenters. The molecule has 0 spiro atoms. The van der Waals surface area contributed by atoms with Gasteiger partial charge in [-0.3, -0.25) is 0 Å². The molecule has 0 aromatic heterocycles. The number of rotatable bonds is 32. The van der Waals surface area contributed by atoms with Gasteiger partial charge in [-0.05, 0) is 64.2 Å². The molecule has 0 aliphatic heterocycles. The molecule has 0 atom stereocenters. The SMILES string of the molecule is CCCCCCCC/C=C\CCCCCCCCN=C([S-])[S-].CCCCCCCC/C=C\CCCCCCCCNC(=S)S.[Zn+2]. The molecule has 0 fully saturated rings. The molecule has 0 bridgehead atoms. The minimum absolute atomic E-state index is 0. The maximum Gasteiger partial charge on any atom is 2.00 e. The van der Waals surface area contributed by atoms with Gasteiger partial charge in [0.05, 0.1) is 0 Å². The van der Waals surface area contributed by atoms with Crippen LogP contribution in [0.3, 0.4) is 0 Å². The van der Waals surface area contributed by atoms with E-state index in [1.165, 1.54) is 173 Å². The van der Waals surface area contributed by atoms with Gasteiger partial charge in [-0.15, -0.1) is 12.6 Å². The molecule has 1 N–H and O–H groups in total. The number of allylic oxidation sites excluding steroid dienone is 4. The van der Waals surface area contributed by atoms with E-state index in [-0.39, 0.29) is 19.5 Å². The van der Waals surface area contributed by atoms with Crippen molar-refractivity contribution < 1.29 is 19.5 Å². The van der Waals surface area contributed by atoms with E-state index in [9.17, 15) is 0 Å². The minimum Gasteiger partial charge on any atom is -0.789 e. The van der Waals surface area contributed by atoms with Gasteiger partial charge >= 0.3 is 19.5 Å². The van der Waals surface area contributed by atoms with Crippen LogP contribution in [0.5, 0.6) is 0 Å². The number of aliphatic imine (C=N–C) groups is 1. The van der Waals surface area contributed by atoms with Gasteiger partial charge < -0.3 is 35.6 Å². The first kappa shape index (κ1) is 49.8. The van der Waals surface area contributed by atoms with Crippen LogP contribution in [-0.2, 0) is 44.7 Å². The molecule has 7 heteroatoms. The molecule has 0 heterocycles. The molecular weight excluding hydrogens is 678 g/mol. The van der Waals surface area contributed by atoms with Crippen molar-refractivity contribution in [2.45, 2.75) is 194 Å². The molecule has 0 amide bonds. The molecule has 0 saturated heterocycles. The third-order valence-corrected chi connectivity index (χ3v) is 8.44. The van der Waals surface area contributed by atoms with Crippen LogP contribution < -0.4 is 5.32 Å². The average molecular weight is 751 g/mol. The van der Waals surface area contributed by atoms with Crippen molar-refractivity contribution in [3.05, 3.63) is 24.3 Å². The van der Waals surface area contributed by atoms with Crippen LogP contribution in [0.1, 0.15) is 194 Å². The normalized spacial score (nSPS) is 10.9. The quantitative estimate of drug-likeness (QED) is 0.0105. The summed E-state index contributed by atoms with van der Waals surface area (Å²) < 4.78 is 1.00. The van der Waals surface area contributed by atoms with Gasteiger partial charge in [-0.1, -0.05) is 166 Å². The molecule has 260 valence electrons. The van der Waals surface area contributed by atoms with Crippen molar-refractivity contribution in [2.24, 2.45) is 4.99 Å². The first-order chi connectivity index (χ1) is 21.5. The summed E-state index contributed by atoms with van der Waals surface area (Å²) in [5.41, 5.74) is 0. The van der Waals surface area contributed by atoms with Gasteiger partial charge in [-0.2, -0.15) is 0 Å². The summed E-state index contributed by atoms with van der Waals surface area (Å²) in [7, 11) is 0. The number of nitrogens with zero attached hydrogens (tertiary/aromatic N) is 1. The molecule has 0 saturated carbocycles. The summed E-state index contributed by atoms with van der Waals surface area (Å²) in [5.74, 6) is 0. The second-order valence-corrected chi connectivity index (χ2v) is 14.4. The molecule has 45 heavy (non-hydrogen) atoms. The second kappa shape index (κ2) is 46.6. The van der Waals surface area contributed by atoms with Crippen LogP contribution in [0.15, 0.2) is 29.3 Å². The number of hydrogen-bond acceptors (Lipinski definition) is 4. The van der Waals surface area contributed by atoms with E-state index in [1.807, 2.05) is 0 Å². The Bertz CT molecular complexity index is 652. The summed E-state index contributed by atoms with van der Waals surface area (Å²) in [6.45, 7) is 6.35. The van der Waals surface area contributed by atoms with Gasteiger partial charge in [-0.25, -0.2) is 4.38 Å². The van der Waals surface area contributed by atoms with Crippen LogP contribution >= 0.6 is 24.8 Å². The molecule has 0 aromatic carbocycles. The Morgan fingerprint density at radius 2 is 0.844 bits per heavy atom. The number of hydrogen-bond donors (Lipinski definition) is 2. The molecule has 0 radical (unpaired) electrons. The number of thiol groups is 1. The molecule has 0 rings (SSSR count). The van der Waals surface area contributed by atoms with E-state index in [0.29, 0.717) is 8.70 Å². The molecule has 0 aliphatic carbocycles. The Morgan fingerprint density at radius 1 is 0.533 bits per heavy atom. The van der Waals surface area contributed by atoms with Gasteiger partial charge in [0, 0.05) is 13.1 Å². The van der Waals surface area contributed by atoms with E-state index in [0.717, 1.165) is 19.5 Å². The van der Waals surface area contributed by atoms with E-state index in [4.69, 9.17) is 37.5 Å². The topological polar surface area (TPSA) is 24.4 Å².